The highest BCUT2D eigenvalue weighted by atomic mass is 19.1. The highest BCUT2D eigenvalue weighted by Crippen LogP contribution is 2.26. The van der Waals surface area contributed by atoms with E-state index < -0.39 is 11.7 Å². The maximum absolute atomic E-state index is 14.6. The Labute approximate surface area is 167 Å². The topological polar surface area (TPSA) is 97.6 Å². The van der Waals surface area contributed by atoms with Gasteiger partial charge in [-0.25, -0.2) is 14.1 Å². The third kappa shape index (κ3) is 3.73. The van der Waals surface area contributed by atoms with Crippen molar-refractivity contribution in [2.75, 3.05) is 11.9 Å². The molecule has 0 bridgehead atoms. The molecule has 0 saturated heterocycles. The van der Waals surface area contributed by atoms with Gasteiger partial charge >= 0.3 is 0 Å². The quantitative estimate of drug-likeness (QED) is 0.705. The lowest BCUT2D eigenvalue weighted by Crippen LogP contribution is -2.28. The molecule has 1 aliphatic heterocycles. The molecule has 2 aromatic heterocycles. The smallest absolute Gasteiger partial charge is 0.259 e. The molecule has 2 N–H and O–H groups in total. The molecule has 1 atom stereocenters. The number of nitrogens with zero attached hydrogens (tertiary/aromatic N) is 5. The Morgan fingerprint density at radius 1 is 1.34 bits per heavy atom. The third-order valence-electron chi connectivity index (χ3n) is 4.99. The normalized spacial score (nSPS) is 16.0. The van der Waals surface area contributed by atoms with E-state index in [0.29, 0.717) is 17.3 Å². The molecule has 29 heavy (non-hydrogen) atoms. The van der Waals surface area contributed by atoms with Crippen LogP contribution in [-0.4, -0.2) is 37.6 Å². The number of hydrogen-bond acceptors (Lipinski definition) is 6. The molecule has 0 saturated carbocycles. The molecule has 0 aliphatic carbocycles. The van der Waals surface area contributed by atoms with Crippen LogP contribution >= 0.6 is 0 Å². The van der Waals surface area contributed by atoms with E-state index in [-0.39, 0.29) is 17.6 Å². The van der Waals surface area contributed by atoms with Crippen LogP contribution in [0.3, 0.4) is 0 Å². The Hall–Kier alpha value is -3.20. The monoisotopic (exact) mass is 395 g/mol. The Morgan fingerprint density at radius 2 is 2.17 bits per heavy atom. The lowest BCUT2D eigenvalue weighted by molar-refractivity contribution is 0.102. The molecule has 1 aliphatic rings. The number of benzene rings is 1. The lowest BCUT2D eigenvalue weighted by atomic mass is 9.93. The molecule has 1 unspecified atom stereocenters. The molecule has 1 aromatic carbocycles. The minimum Gasteiger partial charge on any atom is -0.310 e. The van der Waals surface area contributed by atoms with Crippen LogP contribution in [0.2, 0.25) is 0 Å². The highest BCUT2D eigenvalue weighted by molar-refractivity contribution is 6.04. The molecule has 0 fully saturated rings. The van der Waals surface area contributed by atoms with Crippen molar-refractivity contribution in [2.45, 2.75) is 39.3 Å². The maximum Gasteiger partial charge on any atom is 0.259 e. The lowest BCUT2D eigenvalue weighted by Gasteiger charge is -2.24. The summed E-state index contributed by atoms with van der Waals surface area (Å²) in [5.74, 6) is -0.281. The molecule has 3 heterocycles. The summed E-state index contributed by atoms with van der Waals surface area (Å²) < 4.78 is 16.2. The fraction of sp³-hybridized carbons (Fsp3) is 0.350. The van der Waals surface area contributed by atoms with Crippen molar-refractivity contribution in [3.63, 3.8) is 0 Å². The predicted octanol–water partition coefficient (Wildman–Crippen LogP) is 2.91. The third-order valence-corrected chi connectivity index (χ3v) is 4.99. The molecule has 3 aromatic rings. The number of nitrogens with one attached hydrogen (secondary N) is 2. The van der Waals surface area contributed by atoms with Crippen molar-refractivity contribution in [3.05, 3.63) is 52.8 Å². The number of halogens is 1. The van der Waals surface area contributed by atoms with Crippen LogP contribution in [0.4, 0.5) is 10.2 Å². The molecule has 4 rings (SSSR count). The van der Waals surface area contributed by atoms with Crippen molar-refractivity contribution < 1.29 is 9.18 Å². The Morgan fingerprint density at radius 3 is 2.97 bits per heavy atom. The Kier molecular flexibility index (Phi) is 5.06. The first-order chi connectivity index (χ1) is 13.9. The van der Waals surface area contributed by atoms with E-state index in [2.05, 4.69) is 31.1 Å². The van der Waals surface area contributed by atoms with E-state index in [4.69, 9.17) is 0 Å². The summed E-state index contributed by atoms with van der Waals surface area (Å²) in [5.41, 5.74) is 2.40. The zero-order valence-electron chi connectivity index (χ0n) is 16.5. The molecule has 150 valence electrons. The van der Waals surface area contributed by atoms with Gasteiger partial charge in [-0.3, -0.25) is 4.79 Å². The van der Waals surface area contributed by atoms with E-state index >= 15 is 0 Å². The molecular weight excluding hydrogens is 373 g/mol. The number of amides is 1. The summed E-state index contributed by atoms with van der Waals surface area (Å²) in [7, 11) is 0. The van der Waals surface area contributed by atoms with Gasteiger partial charge in [-0.2, -0.15) is 0 Å². The van der Waals surface area contributed by atoms with Gasteiger partial charge in [0.25, 0.3) is 5.91 Å². The van der Waals surface area contributed by atoms with Crippen LogP contribution in [0.1, 0.15) is 54.3 Å². The van der Waals surface area contributed by atoms with Gasteiger partial charge in [0, 0.05) is 6.04 Å². The number of hydrogen-bond donors (Lipinski definition) is 2. The SMILES string of the molecule is CC1NCCc2cc(F)c(C(=O)Nc3cccc(-c4nnnn4C(C)C)n3)cc21. The van der Waals surface area contributed by atoms with Crippen LogP contribution in [0.25, 0.3) is 11.5 Å². The minimum absolute atomic E-state index is 0.00137. The average molecular weight is 395 g/mol. The predicted molar refractivity (Wildman–Crippen MR) is 106 cm³/mol. The number of aromatic nitrogens is 5. The van der Waals surface area contributed by atoms with E-state index in [1.54, 1.807) is 28.9 Å². The van der Waals surface area contributed by atoms with Gasteiger partial charge in [-0.1, -0.05) is 6.07 Å². The average Bonchev–Trinajstić information content (AvgIpc) is 3.18. The molecular formula is C20H22FN7O. The van der Waals surface area contributed by atoms with Gasteiger partial charge < -0.3 is 10.6 Å². The number of carbonyl (C=O) groups excluding carboxylic acids is 1. The van der Waals surface area contributed by atoms with Gasteiger partial charge in [-0.15, -0.1) is 5.10 Å². The highest BCUT2D eigenvalue weighted by Gasteiger charge is 2.22. The van der Waals surface area contributed by atoms with Crippen LogP contribution < -0.4 is 10.6 Å². The zero-order valence-corrected chi connectivity index (χ0v) is 16.5. The van der Waals surface area contributed by atoms with E-state index in [1.807, 2.05) is 20.8 Å². The fourth-order valence-corrected chi connectivity index (χ4v) is 3.48. The zero-order chi connectivity index (χ0) is 20.5. The summed E-state index contributed by atoms with van der Waals surface area (Å²) in [5, 5.41) is 17.7. The first-order valence-electron chi connectivity index (χ1n) is 9.56. The van der Waals surface area contributed by atoms with Crippen molar-refractivity contribution in [3.8, 4) is 11.5 Å². The first kappa shape index (κ1) is 19.1. The first-order valence-corrected chi connectivity index (χ1v) is 9.56. The van der Waals surface area contributed by atoms with Gasteiger partial charge in [0.1, 0.15) is 17.3 Å². The summed E-state index contributed by atoms with van der Waals surface area (Å²) in [6.45, 7) is 6.72. The molecule has 9 heteroatoms. The summed E-state index contributed by atoms with van der Waals surface area (Å²) in [4.78, 5) is 17.2. The van der Waals surface area contributed by atoms with E-state index in [1.165, 1.54) is 6.07 Å². The van der Waals surface area contributed by atoms with E-state index in [9.17, 15) is 9.18 Å². The molecule has 8 nitrogen and oxygen atoms in total. The van der Waals surface area contributed by atoms with Gasteiger partial charge in [0.2, 0.25) is 5.82 Å². The van der Waals surface area contributed by atoms with Gasteiger partial charge in [-0.05, 0) is 79.6 Å². The van der Waals surface area contributed by atoms with Crippen molar-refractivity contribution in [1.29, 1.82) is 0 Å². The molecule has 1 amide bonds. The Balaban J connectivity index is 1.61. The van der Waals surface area contributed by atoms with Crippen LogP contribution in [0.15, 0.2) is 30.3 Å². The number of rotatable bonds is 4. The van der Waals surface area contributed by atoms with Crippen molar-refractivity contribution >= 4 is 11.7 Å². The summed E-state index contributed by atoms with van der Waals surface area (Å²) >= 11 is 0. The number of fused-ring (bicyclic) bond motifs is 1. The van der Waals surface area contributed by atoms with Crippen molar-refractivity contribution in [1.82, 2.24) is 30.5 Å². The van der Waals surface area contributed by atoms with Crippen LogP contribution in [-0.2, 0) is 6.42 Å². The second-order valence-electron chi connectivity index (χ2n) is 7.36. The number of pyridine rings is 1. The van der Waals surface area contributed by atoms with Crippen LogP contribution in [0, 0.1) is 5.82 Å². The van der Waals surface area contributed by atoms with Gasteiger partial charge in [0.05, 0.1) is 11.6 Å². The second-order valence-corrected chi connectivity index (χ2v) is 7.36. The number of carbonyl (C=O) groups is 1. The second kappa shape index (κ2) is 7.67. The van der Waals surface area contributed by atoms with Crippen molar-refractivity contribution in [2.24, 2.45) is 0 Å². The molecule has 0 radical (unpaired) electrons. The van der Waals surface area contributed by atoms with Gasteiger partial charge in [0.15, 0.2) is 0 Å². The maximum atomic E-state index is 14.6. The fourth-order valence-electron chi connectivity index (χ4n) is 3.48. The largest absolute Gasteiger partial charge is 0.310 e. The minimum atomic E-state index is -0.545. The van der Waals surface area contributed by atoms with Crippen LogP contribution in [0.5, 0.6) is 0 Å². The number of tetrazole rings is 1. The van der Waals surface area contributed by atoms with E-state index in [0.717, 1.165) is 24.1 Å². The standard InChI is InChI=1S/C20H22FN7O/c1-11(2)28-19(25-26-27-28)17-5-4-6-18(23-17)24-20(29)15-10-14-12(3)22-8-7-13(14)9-16(15)21/h4-6,9-12,22H,7-8H2,1-3H3,(H,23,24,29). The Bertz CT molecular complexity index is 1060. The molecule has 0 spiro atoms. The summed E-state index contributed by atoms with van der Waals surface area (Å²) in [6.07, 6.45) is 0.743. The summed E-state index contributed by atoms with van der Waals surface area (Å²) in [6, 6.07) is 8.36. The number of anilines is 1.